The summed E-state index contributed by atoms with van der Waals surface area (Å²) in [7, 11) is 0. The van der Waals surface area contributed by atoms with Gasteiger partial charge in [-0.05, 0) is 11.1 Å². The van der Waals surface area contributed by atoms with Crippen LogP contribution in [0.15, 0.2) is 237 Å². The topological polar surface area (TPSA) is 4.93 Å². The summed E-state index contributed by atoms with van der Waals surface area (Å²) in [5, 5.41) is 5.22. The van der Waals surface area contributed by atoms with Crippen molar-refractivity contribution in [2.45, 2.75) is 0 Å². The number of aromatic nitrogens is 1. The van der Waals surface area contributed by atoms with Crippen molar-refractivity contribution in [3.05, 3.63) is 237 Å². The first-order valence-corrected chi connectivity index (χ1v) is 23.0. The summed E-state index contributed by atoms with van der Waals surface area (Å²) in [5.74, 6) is 0. The summed E-state index contributed by atoms with van der Waals surface area (Å²) >= 11 is 0.136. The third-order valence-electron chi connectivity index (χ3n) is 12.4. The molecule has 10 aromatic carbocycles. The molecule has 0 N–H and O–H groups in total. The summed E-state index contributed by atoms with van der Waals surface area (Å²) in [6.07, 6.45) is 0. The van der Waals surface area contributed by atoms with Gasteiger partial charge in [-0.25, -0.2) is 0 Å². The number of benzene rings is 10. The van der Waals surface area contributed by atoms with Crippen LogP contribution in [0.4, 0.5) is 0 Å². The number of para-hydroxylation sites is 1. The van der Waals surface area contributed by atoms with E-state index in [9.17, 15) is 0 Å². The van der Waals surface area contributed by atoms with Crippen molar-refractivity contribution in [2.24, 2.45) is 0 Å². The zero-order valence-corrected chi connectivity index (χ0v) is 35.6. The molecule has 0 fully saturated rings. The number of hydrogen-bond donors (Lipinski definition) is 0. The van der Waals surface area contributed by atoms with E-state index in [-0.39, 0.29) is 14.5 Å². The molecule has 0 unspecified atom stereocenters. The Hall–Kier alpha value is -7.48. The van der Waals surface area contributed by atoms with Crippen LogP contribution in [0.25, 0.3) is 114 Å². The predicted octanol–water partition coefficient (Wildman–Crippen LogP) is 16.1. The van der Waals surface area contributed by atoms with Crippen LogP contribution < -0.4 is 0 Å². The molecule has 1 nitrogen and oxygen atoms in total. The molecule has 12 aromatic rings. The third-order valence-corrected chi connectivity index (χ3v) is 15.1. The average Bonchev–Trinajstić information content (AvgIpc) is 3.91. The van der Waals surface area contributed by atoms with Crippen LogP contribution >= 0.6 is 0 Å². The number of hydrogen-bond acceptors (Lipinski definition) is 0. The molecule has 0 saturated carbocycles. The van der Waals surface area contributed by atoms with Crippen LogP contribution in [0.1, 0.15) is 0 Å². The Morgan fingerprint density at radius 2 is 0.661 bits per heavy atom. The van der Waals surface area contributed by atoms with Gasteiger partial charge in [-0.3, -0.25) is 0 Å². The van der Waals surface area contributed by atoms with E-state index >= 15 is 0 Å². The molecule has 0 aliphatic carbocycles. The van der Waals surface area contributed by atoms with E-state index in [0.717, 1.165) is 5.69 Å². The maximum absolute atomic E-state index is 2.43. The standard InChI is InChI=1S/C60H39NSe/c1-4-15-40(16-5-1)42-29-32-50(33-30-42)61-57-28-11-10-23-53(57)56-39-46(31-34-58(56)61)48-36-47(45-22-12-21-44(35-45)41-17-6-2-7-18-41)37-49(38-48)52-25-14-27-55-54-26-13-24-51(59(54)62-60(52)55)43-19-8-3-9-20-43/h1-39H. The SMILES string of the molecule is c1ccc(-c2ccc(-n3c4ccccc4c4cc(-c5cc(-c6cccc(-c7ccccc7)c6)cc(-c6cccc7c6[se]c6c(-c8ccccc8)cccc67)c5)ccc43)cc2)cc1. The normalized spacial score (nSPS) is 11.5. The molecule has 0 spiro atoms. The molecule has 12 rings (SSSR count). The summed E-state index contributed by atoms with van der Waals surface area (Å²) in [5.41, 5.74) is 18.5. The second kappa shape index (κ2) is 15.2. The fourth-order valence-electron chi connectivity index (χ4n) is 9.38. The van der Waals surface area contributed by atoms with Gasteiger partial charge in [-0.15, -0.1) is 0 Å². The van der Waals surface area contributed by atoms with Gasteiger partial charge in [-0.1, -0.05) is 42.5 Å². The van der Waals surface area contributed by atoms with Crippen LogP contribution in [-0.2, 0) is 0 Å². The zero-order chi connectivity index (χ0) is 41.0. The third kappa shape index (κ3) is 6.32. The molecule has 0 saturated heterocycles. The van der Waals surface area contributed by atoms with E-state index in [1.54, 1.807) is 0 Å². The van der Waals surface area contributed by atoms with Gasteiger partial charge in [0, 0.05) is 0 Å². The molecular formula is C60H39NSe. The fraction of sp³-hybridized carbons (Fsp3) is 0. The molecule has 0 aliphatic rings. The van der Waals surface area contributed by atoms with Crippen molar-refractivity contribution in [3.63, 3.8) is 0 Å². The molecule has 0 aliphatic heterocycles. The first kappa shape index (κ1) is 36.4. The Morgan fingerprint density at radius 1 is 0.242 bits per heavy atom. The summed E-state index contributed by atoms with van der Waals surface area (Å²) in [6.45, 7) is 0. The Labute approximate surface area is 367 Å². The van der Waals surface area contributed by atoms with E-state index in [2.05, 4.69) is 241 Å². The minimum Gasteiger partial charge on any atom is -0.0617 e. The van der Waals surface area contributed by atoms with Crippen molar-refractivity contribution in [1.29, 1.82) is 0 Å². The number of fused-ring (bicyclic) bond motifs is 6. The number of rotatable bonds is 7. The number of nitrogens with zero attached hydrogens (tertiary/aromatic N) is 1. The van der Waals surface area contributed by atoms with Crippen molar-refractivity contribution < 1.29 is 0 Å². The second-order valence-corrected chi connectivity index (χ2v) is 18.2. The van der Waals surface area contributed by atoms with Gasteiger partial charge in [0.2, 0.25) is 0 Å². The van der Waals surface area contributed by atoms with Crippen molar-refractivity contribution in [1.82, 2.24) is 4.57 Å². The summed E-state index contributed by atoms with van der Waals surface area (Å²) in [4.78, 5) is 0. The Morgan fingerprint density at radius 3 is 1.32 bits per heavy atom. The van der Waals surface area contributed by atoms with Gasteiger partial charge < -0.3 is 0 Å². The molecule has 2 aromatic heterocycles. The van der Waals surface area contributed by atoms with E-state index in [4.69, 9.17) is 0 Å². The van der Waals surface area contributed by atoms with E-state index in [1.165, 1.54) is 108 Å². The van der Waals surface area contributed by atoms with E-state index in [1.807, 2.05) is 0 Å². The molecular weight excluding hydrogens is 814 g/mol. The minimum atomic E-state index is 0.136. The molecule has 62 heavy (non-hydrogen) atoms. The molecule has 0 atom stereocenters. The van der Waals surface area contributed by atoms with Crippen molar-refractivity contribution >= 4 is 55.6 Å². The minimum absolute atomic E-state index is 0.136. The Balaban J connectivity index is 1.05. The van der Waals surface area contributed by atoms with Gasteiger partial charge in [0.15, 0.2) is 0 Å². The molecule has 2 heteroatoms. The zero-order valence-electron chi connectivity index (χ0n) is 33.9. The maximum atomic E-state index is 2.43. The van der Waals surface area contributed by atoms with Crippen molar-refractivity contribution in [3.8, 4) is 72.4 Å². The monoisotopic (exact) mass is 853 g/mol. The fourth-order valence-corrected chi connectivity index (χ4v) is 12.3. The Kier molecular flexibility index (Phi) is 8.92. The van der Waals surface area contributed by atoms with Gasteiger partial charge >= 0.3 is 316 Å². The first-order valence-electron chi connectivity index (χ1n) is 21.2. The van der Waals surface area contributed by atoms with Crippen LogP contribution in [0, 0.1) is 0 Å². The van der Waals surface area contributed by atoms with Crippen molar-refractivity contribution in [2.75, 3.05) is 0 Å². The quantitative estimate of drug-likeness (QED) is 0.141. The molecule has 0 bridgehead atoms. The predicted molar refractivity (Wildman–Crippen MR) is 265 cm³/mol. The van der Waals surface area contributed by atoms with Crippen LogP contribution in [0.5, 0.6) is 0 Å². The molecule has 290 valence electrons. The second-order valence-electron chi connectivity index (χ2n) is 16.1. The van der Waals surface area contributed by atoms with Gasteiger partial charge in [0.05, 0.1) is 0 Å². The van der Waals surface area contributed by atoms with E-state index < -0.39 is 0 Å². The van der Waals surface area contributed by atoms with Gasteiger partial charge in [0.25, 0.3) is 0 Å². The van der Waals surface area contributed by atoms with Crippen LogP contribution in [0.2, 0.25) is 0 Å². The average molecular weight is 853 g/mol. The molecule has 2 heterocycles. The van der Waals surface area contributed by atoms with Gasteiger partial charge in [-0.2, -0.15) is 0 Å². The molecule has 0 radical (unpaired) electrons. The van der Waals surface area contributed by atoms with Gasteiger partial charge in [0.1, 0.15) is 0 Å². The summed E-state index contributed by atoms with van der Waals surface area (Å²) in [6, 6.07) is 87.1. The van der Waals surface area contributed by atoms with Crippen LogP contribution in [0.3, 0.4) is 0 Å². The summed E-state index contributed by atoms with van der Waals surface area (Å²) < 4.78 is 5.34. The Bertz CT molecular complexity index is 3600. The first-order chi connectivity index (χ1) is 30.7. The smallest absolute Gasteiger partial charge is 0.0617 e. The van der Waals surface area contributed by atoms with E-state index in [0.29, 0.717) is 0 Å². The van der Waals surface area contributed by atoms with Crippen LogP contribution in [-0.4, -0.2) is 19.1 Å². The molecule has 0 amide bonds.